The van der Waals surface area contributed by atoms with Gasteiger partial charge in [0, 0.05) is 19.3 Å². The van der Waals surface area contributed by atoms with Gasteiger partial charge in [0.05, 0.1) is 23.6 Å². The largest absolute Gasteiger partial charge is 0.472 e. The number of fused-ring (bicyclic) bond motifs is 1. The molecule has 1 aliphatic heterocycles. The van der Waals surface area contributed by atoms with Crippen molar-refractivity contribution in [2.45, 2.75) is 25.8 Å². The first-order valence-electron chi connectivity index (χ1n) is 8.43. The fraction of sp³-hybridized carbons (Fsp3) is 0.412. The first-order chi connectivity index (χ1) is 12.1. The summed E-state index contributed by atoms with van der Waals surface area (Å²) in [5.41, 5.74) is 2.44. The summed E-state index contributed by atoms with van der Waals surface area (Å²) in [6.07, 6.45) is 6.37. The van der Waals surface area contributed by atoms with Crippen LogP contribution in [0.2, 0.25) is 0 Å². The molecule has 0 spiro atoms. The van der Waals surface area contributed by atoms with Gasteiger partial charge in [0.1, 0.15) is 17.6 Å². The lowest BCUT2D eigenvalue weighted by atomic mass is 10.2. The van der Waals surface area contributed by atoms with Crippen LogP contribution >= 0.6 is 0 Å². The highest BCUT2D eigenvalue weighted by Gasteiger charge is 2.34. The number of hydrogen-bond donors (Lipinski definition) is 0. The average molecular weight is 360 g/mol. The predicted octanol–water partition coefficient (Wildman–Crippen LogP) is 2.68. The van der Waals surface area contributed by atoms with Gasteiger partial charge in [-0.3, -0.25) is 0 Å². The third kappa shape index (κ3) is 2.85. The Bertz CT molecular complexity index is 979. The molecule has 1 atom stereocenters. The van der Waals surface area contributed by atoms with Crippen LogP contribution in [0.4, 0.5) is 0 Å². The highest BCUT2D eigenvalue weighted by Crippen LogP contribution is 2.33. The second-order valence-corrected chi connectivity index (χ2v) is 8.37. The smallest absolute Gasteiger partial charge is 0.214 e. The zero-order valence-corrected chi connectivity index (χ0v) is 14.8. The normalized spacial score (nSPS) is 19.0. The molecule has 0 radical (unpaired) electrons. The predicted molar refractivity (Wildman–Crippen MR) is 94.5 cm³/mol. The van der Waals surface area contributed by atoms with Gasteiger partial charge in [-0.1, -0.05) is 6.92 Å². The summed E-state index contributed by atoms with van der Waals surface area (Å²) in [6, 6.07) is 5.64. The van der Waals surface area contributed by atoms with Gasteiger partial charge < -0.3 is 8.98 Å². The van der Waals surface area contributed by atoms with E-state index in [1.54, 1.807) is 23.0 Å². The van der Waals surface area contributed by atoms with Crippen LogP contribution in [-0.4, -0.2) is 46.1 Å². The molecule has 1 saturated heterocycles. The van der Waals surface area contributed by atoms with Crippen molar-refractivity contribution in [1.82, 2.24) is 18.8 Å². The number of imidazole rings is 1. The van der Waals surface area contributed by atoms with E-state index in [9.17, 15) is 8.42 Å². The molecular formula is C17H20N4O3S. The van der Waals surface area contributed by atoms with Crippen LogP contribution in [0.5, 0.6) is 0 Å². The monoisotopic (exact) mass is 360 g/mol. The van der Waals surface area contributed by atoms with E-state index in [4.69, 9.17) is 9.40 Å². The molecule has 0 aliphatic carbocycles. The van der Waals surface area contributed by atoms with Crippen molar-refractivity contribution in [2.24, 2.45) is 0 Å². The molecule has 0 N–H and O–H groups in total. The molecule has 0 saturated carbocycles. The number of pyridine rings is 1. The van der Waals surface area contributed by atoms with E-state index in [0.29, 0.717) is 19.5 Å². The van der Waals surface area contributed by atoms with E-state index < -0.39 is 10.0 Å². The minimum Gasteiger partial charge on any atom is -0.472 e. The maximum atomic E-state index is 12.4. The number of aromatic nitrogens is 3. The molecule has 4 rings (SSSR count). The van der Waals surface area contributed by atoms with Crippen LogP contribution in [0.15, 0.2) is 41.3 Å². The number of nitrogens with zero attached hydrogens (tertiary/aromatic N) is 4. The third-order valence-electron chi connectivity index (χ3n) is 4.57. The van der Waals surface area contributed by atoms with Crippen molar-refractivity contribution in [2.75, 3.05) is 18.8 Å². The lowest BCUT2D eigenvalue weighted by molar-refractivity contribution is 0.454. The molecule has 4 heterocycles. The van der Waals surface area contributed by atoms with Crippen LogP contribution in [0.25, 0.3) is 22.6 Å². The second-order valence-electron chi connectivity index (χ2n) is 6.28. The van der Waals surface area contributed by atoms with Gasteiger partial charge in [0.2, 0.25) is 10.0 Å². The average Bonchev–Trinajstić information content (AvgIpc) is 3.32. The Morgan fingerprint density at radius 3 is 3.00 bits per heavy atom. The summed E-state index contributed by atoms with van der Waals surface area (Å²) in [4.78, 5) is 9.18. The number of rotatable bonds is 5. The van der Waals surface area contributed by atoms with E-state index in [1.165, 1.54) is 0 Å². The molecule has 3 aromatic heterocycles. The van der Waals surface area contributed by atoms with Crippen LogP contribution in [0, 0.1) is 0 Å². The zero-order chi connectivity index (χ0) is 17.4. The molecule has 8 heteroatoms. The van der Waals surface area contributed by atoms with Gasteiger partial charge in [-0.05, 0) is 31.0 Å². The Hall–Kier alpha value is -2.19. The van der Waals surface area contributed by atoms with Crippen molar-refractivity contribution in [3.05, 3.63) is 36.9 Å². The summed E-state index contributed by atoms with van der Waals surface area (Å²) in [6.45, 7) is 2.87. The summed E-state index contributed by atoms with van der Waals surface area (Å²) < 4.78 is 33.7. The Labute approximate surface area is 146 Å². The fourth-order valence-electron chi connectivity index (χ4n) is 3.43. The maximum Gasteiger partial charge on any atom is 0.214 e. The van der Waals surface area contributed by atoms with Crippen molar-refractivity contribution in [3.63, 3.8) is 0 Å². The van der Waals surface area contributed by atoms with Gasteiger partial charge in [-0.25, -0.2) is 18.4 Å². The number of hydrogen-bond acceptors (Lipinski definition) is 5. The highest BCUT2D eigenvalue weighted by atomic mass is 32.2. The Kier molecular flexibility index (Phi) is 4.09. The quantitative estimate of drug-likeness (QED) is 0.699. The van der Waals surface area contributed by atoms with Crippen LogP contribution in [0.3, 0.4) is 0 Å². The van der Waals surface area contributed by atoms with E-state index >= 15 is 0 Å². The minimum atomic E-state index is -3.19. The van der Waals surface area contributed by atoms with Gasteiger partial charge in [0.25, 0.3) is 0 Å². The first kappa shape index (κ1) is 16.3. The van der Waals surface area contributed by atoms with Crippen molar-refractivity contribution < 1.29 is 12.8 Å². The molecule has 7 nitrogen and oxygen atoms in total. The molecule has 0 amide bonds. The Morgan fingerprint density at radius 1 is 1.36 bits per heavy atom. The van der Waals surface area contributed by atoms with Crippen LogP contribution in [0.1, 0.15) is 25.8 Å². The van der Waals surface area contributed by atoms with Crippen molar-refractivity contribution in [3.8, 4) is 11.4 Å². The Morgan fingerprint density at radius 2 is 2.24 bits per heavy atom. The topological polar surface area (TPSA) is 81.2 Å². The van der Waals surface area contributed by atoms with E-state index in [2.05, 4.69) is 9.55 Å². The van der Waals surface area contributed by atoms with Gasteiger partial charge in [0.15, 0.2) is 5.65 Å². The molecule has 0 aromatic carbocycles. The van der Waals surface area contributed by atoms with Gasteiger partial charge >= 0.3 is 0 Å². The zero-order valence-electron chi connectivity index (χ0n) is 14.0. The molecule has 132 valence electrons. The maximum absolute atomic E-state index is 12.4. The summed E-state index contributed by atoms with van der Waals surface area (Å²) >= 11 is 0. The summed E-state index contributed by atoms with van der Waals surface area (Å²) in [5, 5.41) is 0. The van der Waals surface area contributed by atoms with Crippen molar-refractivity contribution in [1.29, 1.82) is 0 Å². The van der Waals surface area contributed by atoms with Crippen LogP contribution in [-0.2, 0) is 10.0 Å². The van der Waals surface area contributed by atoms with Gasteiger partial charge in [-0.15, -0.1) is 0 Å². The molecule has 3 aromatic rings. The standard InChI is InChI=1S/C17H20N4O3S/c1-2-10-25(22,23)20-8-5-14(11-20)21-16(13-6-9-24-12-13)19-15-4-3-7-18-17(15)21/h3-4,6-7,9,12,14H,2,5,8,10-11H2,1H3. The molecule has 25 heavy (non-hydrogen) atoms. The molecule has 1 unspecified atom stereocenters. The number of furan rings is 1. The third-order valence-corrected chi connectivity index (χ3v) is 6.62. The first-order valence-corrected chi connectivity index (χ1v) is 10.0. The summed E-state index contributed by atoms with van der Waals surface area (Å²) in [5.74, 6) is 0.958. The van der Waals surface area contributed by atoms with Gasteiger partial charge in [-0.2, -0.15) is 4.31 Å². The highest BCUT2D eigenvalue weighted by molar-refractivity contribution is 7.89. The summed E-state index contributed by atoms with van der Waals surface area (Å²) in [7, 11) is -3.19. The lowest BCUT2D eigenvalue weighted by Gasteiger charge is -2.18. The molecule has 0 bridgehead atoms. The van der Waals surface area contributed by atoms with Crippen molar-refractivity contribution >= 4 is 21.2 Å². The minimum absolute atomic E-state index is 0.0106. The molecular weight excluding hydrogens is 340 g/mol. The Balaban J connectivity index is 1.76. The van der Waals surface area contributed by atoms with Crippen LogP contribution < -0.4 is 0 Å². The molecule has 1 fully saturated rings. The van der Waals surface area contributed by atoms with E-state index in [1.807, 2.05) is 25.1 Å². The molecule has 1 aliphatic rings. The fourth-order valence-corrected chi connectivity index (χ4v) is 4.99. The lowest BCUT2D eigenvalue weighted by Crippen LogP contribution is -2.31. The SMILES string of the molecule is CCCS(=O)(=O)N1CCC(n2c(-c3ccoc3)nc3cccnc32)C1. The number of sulfonamides is 1. The van der Waals surface area contributed by atoms with E-state index in [0.717, 1.165) is 29.0 Å². The van der Waals surface area contributed by atoms with E-state index in [-0.39, 0.29) is 11.8 Å². The second kappa shape index (κ2) is 6.27.